The molecule has 0 aliphatic rings. The van der Waals surface area contributed by atoms with Gasteiger partial charge in [0.2, 0.25) is 5.91 Å². The van der Waals surface area contributed by atoms with Crippen molar-refractivity contribution in [2.24, 2.45) is 11.7 Å². The Morgan fingerprint density at radius 2 is 0.536 bits per heavy atom. The molecule has 0 heterocycles. The van der Waals surface area contributed by atoms with Crippen molar-refractivity contribution in [3.05, 3.63) is 12.2 Å². The molecule has 56 heavy (non-hydrogen) atoms. The molecule has 0 aliphatic carbocycles. The first kappa shape index (κ1) is 55.2. The number of carbonyl (C=O) groups is 1. The van der Waals surface area contributed by atoms with Crippen LogP contribution in [0.5, 0.6) is 0 Å². The van der Waals surface area contributed by atoms with Crippen molar-refractivity contribution in [3.8, 4) is 0 Å². The van der Waals surface area contributed by atoms with Crippen molar-refractivity contribution in [1.82, 2.24) is 0 Å². The SMILES string of the molecule is CCCCCCCCCCCCCCCCCCC(CCCCCCC/C=C\CCCCCCCC(N)=O)CCCCCCCCCCCCCCCCCC. The number of primary amides is 1. The number of rotatable bonds is 50. The number of nitrogens with two attached hydrogens (primary N) is 1. The highest BCUT2D eigenvalue weighted by Crippen LogP contribution is 2.25. The van der Waals surface area contributed by atoms with Gasteiger partial charge in [-0.2, -0.15) is 0 Å². The number of hydrogen-bond donors (Lipinski definition) is 1. The van der Waals surface area contributed by atoms with E-state index in [9.17, 15) is 4.79 Å². The first-order valence-electron chi connectivity index (χ1n) is 26.6. The maximum atomic E-state index is 10.8. The summed E-state index contributed by atoms with van der Waals surface area (Å²) in [7, 11) is 0. The van der Waals surface area contributed by atoms with Crippen LogP contribution in [0.1, 0.15) is 322 Å². The van der Waals surface area contributed by atoms with Gasteiger partial charge in [-0.05, 0) is 38.0 Å². The van der Waals surface area contributed by atoms with Gasteiger partial charge in [0.15, 0.2) is 0 Å². The molecule has 0 atom stereocenters. The van der Waals surface area contributed by atoms with E-state index in [4.69, 9.17) is 5.73 Å². The number of hydrogen-bond acceptors (Lipinski definition) is 1. The quantitative estimate of drug-likeness (QED) is 0.0484. The molecule has 0 bridgehead atoms. The highest BCUT2D eigenvalue weighted by Gasteiger charge is 2.09. The fourth-order valence-electron chi connectivity index (χ4n) is 8.95. The fourth-order valence-corrected chi connectivity index (χ4v) is 8.95. The Bertz CT molecular complexity index is 709. The molecule has 0 rings (SSSR count). The van der Waals surface area contributed by atoms with Crippen LogP contribution in [0, 0.1) is 5.92 Å². The lowest BCUT2D eigenvalue weighted by molar-refractivity contribution is -0.118. The minimum absolute atomic E-state index is 0.154. The standard InChI is InChI=1S/C54H107NO/c1-3-5-7-9-11-13-15-17-19-21-25-29-33-37-41-45-49-53(50-46-42-38-34-30-26-22-20-18-16-14-12-10-8-6-4-2)51-47-43-39-35-31-27-23-24-28-32-36-40-44-48-52-54(55)56/h23-24,53H,3-22,25-52H2,1-2H3,(H2,55,56)/b24-23-. The topological polar surface area (TPSA) is 43.1 Å². The molecule has 0 saturated heterocycles. The second kappa shape index (κ2) is 50.4. The molecular formula is C54H107NO. The Kier molecular flexibility index (Phi) is 49.6. The van der Waals surface area contributed by atoms with Gasteiger partial charge in [0.1, 0.15) is 0 Å². The molecule has 0 spiro atoms. The normalized spacial score (nSPS) is 11.8. The van der Waals surface area contributed by atoms with Gasteiger partial charge in [0.25, 0.3) is 0 Å². The van der Waals surface area contributed by atoms with E-state index in [0.717, 1.165) is 18.8 Å². The van der Waals surface area contributed by atoms with Crippen LogP contribution in [0.2, 0.25) is 0 Å². The summed E-state index contributed by atoms with van der Waals surface area (Å²) in [5.74, 6) is 0.845. The van der Waals surface area contributed by atoms with E-state index < -0.39 is 0 Å². The average molecular weight is 786 g/mol. The summed E-state index contributed by atoms with van der Waals surface area (Å²) in [5, 5.41) is 0. The van der Waals surface area contributed by atoms with Crippen LogP contribution < -0.4 is 5.73 Å². The van der Waals surface area contributed by atoms with Crippen molar-refractivity contribution in [2.45, 2.75) is 322 Å². The first-order valence-corrected chi connectivity index (χ1v) is 26.6. The molecule has 0 unspecified atom stereocenters. The summed E-state index contributed by atoms with van der Waals surface area (Å²) in [6.07, 6.45) is 72.5. The third-order valence-electron chi connectivity index (χ3n) is 12.9. The van der Waals surface area contributed by atoms with Crippen LogP contribution in [-0.2, 0) is 4.79 Å². The minimum atomic E-state index is -0.154. The smallest absolute Gasteiger partial charge is 0.217 e. The predicted octanol–water partition coefficient (Wildman–Crippen LogP) is 19.4. The Morgan fingerprint density at radius 1 is 0.321 bits per heavy atom. The molecule has 334 valence electrons. The molecule has 2 N–H and O–H groups in total. The molecule has 0 fully saturated rings. The molecule has 2 heteroatoms. The molecule has 1 amide bonds. The Balaban J connectivity index is 4.00. The number of amides is 1. The van der Waals surface area contributed by atoms with Gasteiger partial charge in [-0.3, -0.25) is 4.79 Å². The van der Waals surface area contributed by atoms with E-state index in [-0.39, 0.29) is 5.91 Å². The van der Waals surface area contributed by atoms with Crippen LogP contribution in [0.3, 0.4) is 0 Å². The number of carbonyl (C=O) groups excluding carboxylic acids is 1. The summed E-state index contributed by atoms with van der Waals surface area (Å²) in [6.45, 7) is 4.63. The van der Waals surface area contributed by atoms with E-state index in [2.05, 4.69) is 26.0 Å². The second-order valence-electron chi connectivity index (χ2n) is 18.6. The van der Waals surface area contributed by atoms with E-state index >= 15 is 0 Å². The monoisotopic (exact) mass is 786 g/mol. The summed E-state index contributed by atoms with van der Waals surface area (Å²) in [5.41, 5.74) is 5.22. The molecule has 0 aromatic rings. The third-order valence-corrected chi connectivity index (χ3v) is 12.9. The Morgan fingerprint density at radius 3 is 0.786 bits per heavy atom. The Hall–Kier alpha value is -0.790. The van der Waals surface area contributed by atoms with Crippen LogP contribution in [0.4, 0.5) is 0 Å². The molecular weight excluding hydrogens is 679 g/mol. The van der Waals surface area contributed by atoms with Gasteiger partial charge in [-0.15, -0.1) is 0 Å². The molecule has 0 saturated carbocycles. The lowest BCUT2D eigenvalue weighted by Gasteiger charge is -2.17. The molecule has 0 aliphatic heterocycles. The van der Waals surface area contributed by atoms with Gasteiger partial charge < -0.3 is 5.73 Å². The van der Waals surface area contributed by atoms with E-state index in [0.29, 0.717) is 6.42 Å². The number of unbranched alkanes of at least 4 members (excludes halogenated alkanes) is 40. The van der Waals surface area contributed by atoms with Crippen molar-refractivity contribution in [3.63, 3.8) is 0 Å². The van der Waals surface area contributed by atoms with Crippen LogP contribution >= 0.6 is 0 Å². The van der Waals surface area contributed by atoms with Crippen molar-refractivity contribution < 1.29 is 4.79 Å². The van der Waals surface area contributed by atoms with Gasteiger partial charge in [0, 0.05) is 6.42 Å². The zero-order valence-corrected chi connectivity index (χ0v) is 39.2. The summed E-state index contributed by atoms with van der Waals surface area (Å²) < 4.78 is 0. The molecule has 0 aromatic carbocycles. The molecule has 0 aromatic heterocycles. The maximum absolute atomic E-state index is 10.8. The largest absolute Gasteiger partial charge is 0.370 e. The third kappa shape index (κ3) is 49.4. The van der Waals surface area contributed by atoms with Crippen LogP contribution in [-0.4, -0.2) is 5.91 Å². The van der Waals surface area contributed by atoms with Crippen molar-refractivity contribution in [2.75, 3.05) is 0 Å². The zero-order valence-electron chi connectivity index (χ0n) is 39.2. The van der Waals surface area contributed by atoms with Gasteiger partial charge >= 0.3 is 0 Å². The van der Waals surface area contributed by atoms with E-state index in [1.54, 1.807) is 0 Å². The summed E-state index contributed by atoms with van der Waals surface area (Å²) >= 11 is 0. The lowest BCUT2D eigenvalue weighted by atomic mass is 9.89. The fraction of sp³-hybridized carbons (Fsp3) is 0.944. The maximum Gasteiger partial charge on any atom is 0.217 e. The average Bonchev–Trinajstić information content (AvgIpc) is 3.19. The van der Waals surface area contributed by atoms with Gasteiger partial charge in [-0.1, -0.05) is 296 Å². The van der Waals surface area contributed by atoms with E-state index in [1.165, 1.54) is 289 Å². The van der Waals surface area contributed by atoms with Gasteiger partial charge in [0.05, 0.1) is 0 Å². The van der Waals surface area contributed by atoms with Crippen LogP contribution in [0.15, 0.2) is 12.2 Å². The predicted molar refractivity (Wildman–Crippen MR) is 255 cm³/mol. The summed E-state index contributed by atoms with van der Waals surface area (Å²) in [6, 6.07) is 0. The number of allylic oxidation sites excluding steroid dienone is 2. The minimum Gasteiger partial charge on any atom is -0.370 e. The van der Waals surface area contributed by atoms with Crippen molar-refractivity contribution in [1.29, 1.82) is 0 Å². The van der Waals surface area contributed by atoms with Crippen LogP contribution in [0.25, 0.3) is 0 Å². The molecule has 0 radical (unpaired) electrons. The lowest BCUT2D eigenvalue weighted by Crippen LogP contribution is -2.09. The molecule has 2 nitrogen and oxygen atoms in total. The van der Waals surface area contributed by atoms with E-state index in [1.807, 2.05) is 0 Å². The van der Waals surface area contributed by atoms with Gasteiger partial charge in [-0.25, -0.2) is 0 Å². The Labute approximate surface area is 355 Å². The highest BCUT2D eigenvalue weighted by molar-refractivity contribution is 5.73. The first-order chi connectivity index (χ1) is 27.7. The highest BCUT2D eigenvalue weighted by atomic mass is 16.1. The summed E-state index contributed by atoms with van der Waals surface area (Å²) in [4.78, 5) is 10.8. The van der Waals surface area contributed by atoms with Crippen molar-refractivity contribution >= 4 is 5.91 Å². The zero-order chi connectivity index (χ0) is 40.5. The second-order valence-corrected chi connectivity index (χ2v) is 18.6.